The molecule has 3 aromatic carbocycles. The van der Waals surface area contributed by atoms with E-state index < -0.39 is 18.1 Å². The summed E-state index contributed by atoms with van der Waals surface area (Å²) >= 11 is 1.73. The van der Waals surface area contributed by atoms with E-state index in [-0.39, 0.29) is 13.3 Å². The first-order chi connectivity index (χ1) is 21.8. The molecule has 1 atom stereocenters. The number of thiophene rings is 1. The second-order valence-corrected chi connectivity index (χ2v) is 13.0. The molecule has 0 radical (unpaired) electrons. The Morgan fingerprint density at radius 2 is 1.62 bits per heavy atom. The number of rotatable bonds is 8. The van der Waals surface area contributed by atoms with E-state index in [1.165, 1.54) is 4.88 Å². The zero-order valence-electron chi connectivity index (χ0n) is 25.6. The summed E-state index contributed by atoms with van der Waals surface area (Å²) in [6.45, 7) is 5.50. The van der Waals surface area contributed by atoms with Gasteiger partial charge in [0, 0.05) is 11.3 Å². The smallest absolute Gasteiger partial charge is 0.412 e. The topological polar surface area (TPSA) is 92.3 Å². The maximum atomic E-state index is 13.1. The molecule has 0 bridgehead atoms. The zero-order valence-corrected chi connectivity index (χ0v) is 26.4. The number of piperazine rings is 1. The van der Waals surface area contributed by atoms with Crippen LogP contribution in [0.2, 0.25) is 0 Å². The summed E-state index contributed by atoms with van der Waals surface area (Å²) in [5, 5.41) is 7.44. The molecule has 1 amide bonds. The van der Waals surface area contributed by atoms with Crippen molar-refractivity contribution in [3.63, 3.8) is 0 Å². The van der Waals surface area contributed by atoms with Gasteiger partial charge in [-0.1, -0.05) is 72.8 Å². The summed E-state index contributed by atoms with van der Waals surface area (Å²) in [4.78, 5) is 34.8. The average molecular weight is 625 g/mol. The lowest BCUT2D eigenvalue weighted by atomic mass is 10.1. The Labute approximate surface area is 267 Å². The van der Waals surface area contributed by atoms with E-state index in [2.05, 4.69) is 41.6 Å². The minimum absolute atomic E-state index is 0.131. The molecule has 1 saturated heterocycles. The highest BCUT2D eigenvalue weighted by Gasteiger charge is 2.34. The summed E-state index contributed by atoms with van der Waals surface area (Å²) in [6.07, 6.45) is -0.335. The number of carbonyl (C=O) groups is 2. The van der Waals surface area contributed by atoms with Crippen LogP contribution in [0.5, 0.6) is 0 Å². The van der Waals surface area contributed by atoms with Gasteiger partial charge in [-0.2, -0.15) is 0 Å². The highest BCUT2D eigenvalue weighted by atomic mass is 32.1. The SMILES string of the molecule is Cc1cc2c(s1)Nc1ccccc1N=C2N1CC[N+](C)(COC(=O)NC(Cc2ccccc2)C(=O)OCc2ccccc2)CC1. The van der Waals surface area contributed by atoms with Crippen molar-refractivity contribution in [1.82, 2.24) is 10.2 Å². The van der Waals surface area contributed by atoms with Crippen molar-refractivity contribution in [3.05, 3.63) is 113 Å². The van der Waals surface area contributed by atoms with E-state index in [1.54, 1.807) is 11.3 Å². The van der Waals surface area contributed by atoms with Gasteiger partial charge in [0.1, 0.15) is 23.5 Å². The molecule has 6 rings (SSSR count). The van der Waals surface area contributed by atoms with Gasteiger partial charge in [-0.25, -0.2) is 14.6 Å². The molecule has 1 aromatic heterocycles. The molecule has 2 aliphatic rings. The van der Waals surface area contributed by atoms with Crippen LogP contribution in [0.3, 0.4) is 0 Å². The number of nitrogens with zero attached hydrogens (tertiary/aromatic N) is 3. The molecule has 0 aliphatic carbocycles. The molecule has 2 aliphatic heterocycles. The van der Waals surface area contributed by atoms with Crippen LogP contribution in [0, 0.1) is 6.92 Å². The van der Waals surface area contributed by atoms with Gasteiger partial charge in [0.15, 0.2) is 0 Å². The molecular weight excluding hydrogens is 586 g/mol. The molecule has 232 valence electrons. The van der Waals surface area contributed by atoms with Crippen LogP contribution in [0.1, 0.15) is 21.6 Å². The number of likely N-dealkylation sites (N-methyl/N-ethyl adjacent to an activating group) is 1. The van der Waals surface area contributed by atoms with Crippen molar-refractivity contribution in [1.29, 1.82) is 0 Å². The van der Waals surface area contributed by atoms with Gasteiger partial charge < -0.3 is 25.0 Å². The Hall–Kier alpha value is -4.67. The molecule has 1 fully saturated rings. The lowest BCUT2D eigenvalue weighted by molar-refractivity contribution is -0.928. The average Bonchev–Trinajstić information content (AvgIpc) is 3.35. The van der Waals surface area contributed by atoms with Gasteiger partial charge in [0.25, 0.3) is 0 Å². The Bertz CT molecular complexity index is 1670. The Morgan fingerprint density at radius 1 is 0.956 bits per heavy atom. The van der Waals surface area contributed by atoms with Gasteiger partial charge in [-0.3, -0.25) is 4.48 Å². The predicted octanol–water partition coefficient (Wildman–Crippen LogP) is 5.99. The summed E-state index contributed by atoms with van der Waals surface area (Å²) in [7, 11) is 2.09. The number of para-hydroxylation sites is 2. The number of aryl methyl sites for hydroxylation is 1. The van der Waals surface area contributed by atoms with E-state index in [0.717, 1.165) is 65.1 Å². The number of carbonyl (C=O) groups excluding carboxylic acids is 2. The summed E-state index contributed by atoms with van der Waals surface area (Å²) in [5.41, 5.74) is 4.83. The number of alkyl carbamates (subject to hydrolysis) is 1. The Balaban J connectivity index is 1.07. The van der Waals surface area contributed by atoms with Crippen LogP contribution in [-0.2, 0) is 27.3 Å². The fourth-order valence-electron chi connectivity index (χ4n) is 5.55. The van der Waals surface area contributed by atoms with Crippen LogP contribution in [-0.4, -0.2) is 73.3 Å². The number of aliphatic imine (C=N–C) groups is 1. The summed E-state index contributed by atoms with van der Waals surface area (Å²) in [5.74, 6) is 0.464. The van der Waals surface area contributed by atoms with Gasteiger partial charge >= 0.3 is 12.1 Å². The summed E-state index contributed by atoms with van der Waals surface area (Å²) in [6, 6.07) is 28.5. The van der Waals surface area contributed by atoms with E-state index in [4.69, 9.17) is 14.5 Å². The number of amides is 1. The van der Waals surface area contributed by atoms with Crippen LogP contribution < -0.4 is 10.6 Å². The van der Waals surface area contributed by atoms with Gasteiger partial charge in [-0.05, 0) is 36.2 Å². The third-order valence-corrected chi connectivity index (χ3v) is 9.15. The molecule has 2 N–H and O–H groups in total. The lowest BCUT2D eigenvalue weighted by Gasteiger charge is -2.42. The maximum Gasteiger partial charge on any atom is 0.412 e. The number of benzene rings is 3. The van der Waals surface area contributed by atoms with Crippen LogP contribution in [0.15, 0.2) is 96.0 Å². The molecule has 1 unspecified atom stereocenters. The molecule has 0 saturated carbocycles. The van der Waals surface area contributed by atoms with Gasteiger partial charge in [0.05, 0.1) is 50.2 Å². The van der Waals surface area contributed by atoms with Gasteiger partial charge in [0.2, 0.25) is 6.73 Å². The highest BCUT2D eigenvalue weighted by Crippen LogP contribution is 2.39. The molecule has 3 heterocycles. The van der Waals surface area contributed by atoms with Crippen LogP contribution >= 0.6 is 11.3 Å². The van der Waals surface area contributed by atoms with E-state index >= 15 is 0 Å². The van der Waals surface area contributed by atoms with Crippen LogP contribution in [0.25, 0.3) is 0 Å². The maximum absolute atomic E-state index is 13.1. The molecular formula is C35H38N5O4S+. The van der Waals surface area contributed by atoms with Crippen molar-refractivity contribution in [3.8, 4) is 0 Å². The fraction of sp³-hybridized carbons (Fsp3) is 0.286. The van der Waals surface area contributed by atoms with E-state index in [0.29, 0.717) is 10.9 Å². The van der Waals surface area contributed by atoms with Gasteiger partial charge in [-0.15, -0.1) is 11.3 Å². The normalized spacial score (nSPS) is 15.8. The predicted molar refractivity (Wildman–Crippen MR) is 177 cm³/mol. The molecule has 0 spiro atoms. The minimum atomic E-state index is -0.876. The number of hydrogen-bond donors (Lipinski definition) is 2. The number of esters is 1. The molecule has 9 nitrogen and oxygen atoms in total. The molecule has 4 aromatic rings. The van der Waals surface area contributed by atoms with Crippen molar-refractivity contribution in [2.75, 3.05) is 45.3 Å². The Morgan fingerprint density at radius 3 is 2.36 bits per heavy atom. The number of fused-ring (bicyclic) bond motifs is 2. The van der Waals surface area contributed by atoms with E-state index in [1.807, 2.05) is 78.9 Å². The number of amidine groups is 1. The summed E-state index contributed by atoms with van der Waals surface area (Å²) < 4.78 is 11.9. The number of hydrogen-bond acceptors (Lipinski definition) is 8. The third kappa shape index (κ3) is 7.53. The first-order valence-corrected chi connectivity index (χ1v) is 16.0. The Kier molecular flexibility index (Phi) is 9.13. The first kappa shape index (κ1) is 30.4. The van der Waals surface area contributed by atoms with Crippen molar-refractivity contribution >= 4 is 45.6 Å². The van der Waals surface area contributed by atoms with Crippen LogP contribution in [0.4, 0.5) is 21.2 Å². The lowest BCUT2D eigenvalue weighted by Crippen LogP contribution is -2.59. The van der Waals surface area contributed by atoms with Crippen molar-refractivity contribution in [2.45, 2.75) is 26.0 Å². The van der Waals surface area contributed by atoms with Crippen molar-refractivity contribution in [2.24, 2.45) is 4.99 Å². The molecule has 45 heavy (non-hydrogen) atoms. The second kappa shape index (κ2) is 13.5. The number of nitrogens with one attached hydrogen (secondary N) is 2. The third-order valence-electron chi connectivity index (χ3n) is 8.18. The number of quaternary nitrogens is 1. The number of anilines is 2. The minimum Gasteiger partial charge on any atom is -0.459 e. The second-order valence-electron chi connectivity index (χ2n) is 11.8. The first-order valence-electron chi connectivity index (χ1n) is 15.2. The quantitative estimate of drug-likeness (QED) is 0.185. The molecule has 10 heteroatoms. The highest BCUT2D eigenvalue weighted by molar-refractivity contribution is 7.16. The fourth-order valence-corrected chi connectivity index (χ4v) is 6.47. The largest absolute Gasteiger partial charge is 0.459 e. The van der Waals surface area contributed by atoms with Crippen molar-refractivity contribution < 1.29 is 23.5 Å². The number of ether oxygens (including phenoxy) is 2. The van der Waals surface area contributed by atoms with E-state index in [9.17, 15) is 9.59 Å². The zero-order chi connectivity index (χ0) is 31.2. The standard InChI is InChI=1S/C35H37N5O4S/c1-25-21-28-32(36-29-15-9-10-16-30(29)37-33(28)45-25)39-17-19-40(2,20-18-39)24-44-35(42)38-31(22-26-11-5-3-6-12-26)34(41)43-23-27-13-7-4-8-14-27/h3-16,21,31H,17-20,22-24H2,1-2H3,(H-,36,37,38,42)/p+1. The monoisotopic (exact) mass is 624 g/mol.